The number of hydrogen-bond donors (Lipinski definition) is 2. The Bertz CT molecular complexity index is 805. The standard InChI is InChI=1S/C17H16N2O2/c1-11-6-7-16(21-2)15(10-11)19-17(20)13-4-3-5-14-12(13)8-9-18-14/h3-10,18H,1-2H3,(H,19,20). The van der Waals surface area contributed by atoms with Gasteiger partial charge in [0, 0.05) is 22.7 Å². The summed E-state index contributed by atoms with van der Waals surface area (Å²) in [5, 5.41) is 3.83. The summed E-state index contributed by atoms with van der Waals surface area (Å²) in [4.78, 5) is 15.6. The van der Waals surface area contributed by atoms with Gasteiger partial charge in [-0.15, -0.1) is 0 Å². The molecule has 21 heavy (non-hydrogen) atoms. The first-order valence-electron chi connectivity index (χ1n) is 6.71. The third-order valence-electron chi connectivity index (χ3n) is 3.44. The third-order valence-corrected chi connectivity index (χ3v) is 3.44. The number of aromatic amines is 1. The number of aryl methyl sites for hydroxylation is 1. The Labute approximate surface area is 122 Å². The molecular weight excluding hydrogens is 264 g/mol. The zero-order valence-electron chi connectivity index (χ0n) is 11.9. The average molecular weight is 280 g/mol. The van der Waals surface area contributed by atoms with Gasteiger partial charge in [0.15, 0.2) is 0 Å². The van der Waals surface area contributed by atoms with Gasteiger partial charge >= 0.3 is 0 Å². The molecular formula is C17H16N2O2. The molecule has 3 aromatic rings. The van der Waals surface area contributed by atoms with Crippen molar-refractivity contribution in [2.45, 2.75) is 6.92 Å². The SMILES string of the molecule is COc1ccc(C)cc1NC(=O)c1cccc2[nH]ccc12. The fourth-order valence-electron chi connectivity index (χ4n) is 2.39. The smallest absolute Gasteiger partial charge is 0.256 e. The van der Waals surface area contributed by atoms with Crippen LogP contribution in [0.15, 0.2) is 48.7 Å². The molecule has 0 aliphatic heterocycles. The van der Waals surface area contributed by atoms with Crippen molar-refractivity contribution in [3.8, 4) is 5.75 Å². The summed E-state index contributed by atoms with van der Waals surface area (Å²) in [5.41, 5.74) is 3.32. The van der Waals surface area contributed by atoms with Gasteiger partial charge in [-0.05, 0) is 42.8 Å². The number of fused-ring (bicyclic) bond motifs is 1. The predicted octanol–water partition coefficient (Wildman–Crippen LogP) is 3.74. The van der Waals surface area contributed by atoms with Gasteiger partial charge in [0.05, 0.1) is 12.8 Å². The molecule has 1 heterocycles. The monoisotopic (exact) mass is 280 g/mol. The maximum absolute atomic E-state index is 12.5. The molecule has 0 aliphatic rings. The Balaban J connectivity index is 1.97. The Morgan fingerprint density at radius 2 is 2.05 bits per heavy atom. The zero-order valence-corrected chi connectivity index (χ0v) is 11.9. The molecule has 2 N–H and O–H groups in total. The van der Waals surface area contributed by atoms with Crippen molar-refractivity contribution in [2.75, 3.05) is 12.4 Å². The van der Waals surface area contributed by atoms with E-state index >= 15 is 0 Å². The number of anilines is 1. The van der Waals surface area contributed by atoms with Crippen LogP contribution in [0.4, 0.5) is 5.69 Å². The fraction of sp³-hybridized carbons (Fsp3) is 0.118. The Morgan fingerprint density at radius 3 is 2.86 bits per heavy atom. The van der Waals surface area contributed by atoms with Gasteiger partial charge in [-0.25, -0.2) is 0 Å². The first-order valence-corrected chi connectivity index (χ1v) is 6.71. The molecule has 1 amide bonds. The minimum Gasteiger partial charge on any atom is -0.495 e. The van der Waals surface area contributed by atoms with Gasteiger partial charge in [0.2, 0.25) is 0 Å². The van der Waals surface area contributed by atoms with Gasteiger partial charge in [-0.2, -0.15) is 0 Å². The fourth-order valence-corrected chi connectivity index (χ4v) is 2.39. The van der Waals surface area contributed by atoms with Gasteiger partial charge in [0.1, 0.15) is 5.75 Å². The van der Waals surface area contributed by atoms with Gasteiger partial charge < -0.3 is 15.0 Å². The number of nitrogens with one attached hydrogen (secondary N) is 2. The molecule has 2 aromatic carbocycles. The van der Waals surface area contributed by atoms with Crippen LogP contribution in [-0.2, 0) is 0 Å². The quantitative estimate of drug-likeness (QED) is 0.768. The lowest BCUT2D eigenvalue weighted by atomic mass is 10.1. The van der Waals surface area contributed by atoms with Crippen LogP contribution in [-0.4, -0.2) is 18.0 Å². The van der Waals surface area contributed by atoms with E-state index in [1.165, 1.54) is 0 Å². The summed E-state index contributed by atoms with van der Waals surface area (Å²) in [5.74, 6) is 0.499. The Kier molecular flexibility index (Phi) is 3.36. The maximum atomic E-state index is 12.5. The normalized spacial score (nSPS) is 10.6. The molecule has 0 radical (unpaired) electrons. The van der Waals surface area contributed by atoms with Crippen molar-refractivity contribution < 1.29 is 9.53 Å². The number of carbonyl (C=O) groups excluding carboxylic acids is 1. The van der Waals surface area contributed by atoms with Crippen LogP contribution >= 0.6 is 0 Å². The predicted molar refractivity (Wildman–Crippen MR) is 84.0 cm³/mol. The first kappa shape index (κ1) is 13.2. The van der Waals surface area contributed by atoms with Crippen molar-refractivity contribution in [3.05, 3.63) is 59.8 Å². The van der Waals surface area contributed by atoms with E-state index in [1.54, 1.807) is 7.11 Å². The van der Waals surface area contributed by atoms with Crippen molar-refractivity contribution in [1.29, 1.82) is 0 Å². The van der Waals surface area contributed by atoms with Crippen molar-refractivity contribution in [3.63, 3.8) is 0 Å². The van der Waals surface area contributed by atoms with Crippen LogP contribution < -0.4 is 10.1 Å². The molecule has 0 atom stereocenters. The number of ether oxygens (including phenoxy) is 1. The van der Waals surface area contributed by atoms with Crippen LogP contribution in [0.2, 0.25) is 0 Å². The molecule has 106 valence electrons. The number of H-pyrrole nitrogens is 1. The first-order chi connectivity index (χ1) is 10.2. The van der Waals surface area contributed by atoms with Crippen LogP contribution in [0, 0.1) is 6.92 Å². The van der Waals surface area contributed by atoms with Crippen LogP contribution in [0.1, 0.15) is 15.9 Å². The summed E-state index contributed by atoms with van der Waals surface area (Å²) in [7, 11) is 1.59. The molecule has 1 aromatic heterocycles. The summed E-state index contributed by atoms with van der Waals surface area (Å²) in [6.45, 7) is 1.97. The highest BCUT2D eigenvalue weighted by molar-refractivity contribution is 6.13. The number of benzene rings is 2. The summed E-state index contributed by atoms with van der Waals surface area (Å²) in [6.07, 6.45) is 1.83. The topological polar surface area (TPSA) is 54.1 Å². The lowest BCUT2D eigenvalue weighted by Crippen LogP contribution is -2.13. The molecule has 0 aliphatic carbocycles. The number of amides is 1. The average Bonchev–Trinajstić information content (AvgIpc) is 2.95. The number of rotatable bonds is 3. The largest absolute Gasteiger partial charge is 0.495 e. The molecule has 4 nitrogen and oxygen atoms in total. The molecule has 0 spiro atoms. The van der Waals surface area contributed by atoms with E-state index < -0.39 is 0 Å². The minimum atomic E-state index is -0.149. The van der Waals surface area contributed by atoms with Crippen LogP contribution in [0.3, 0.4) is 0 Å². The molecule has 0 unspecified atom stereocenters. The summed E-state index contributed by atoms with van der Waals surface area (Å²) < 4.78 is 5.29. The minimum absolute atomic E-state index is 0.149. The summed E-state index contributed by atoms with van der Waals surface area (Å²) in [6, 6.07) is 13.2. The lowest BCUT2D eigenvalue weighted by molar-refractivity contribution is 0.102. The Morgan fingerprint density at radius 1 is 1.19 bits per heavy atom. The number of methoxy groups -OCH3 is 1. The zero-order chi connectivity index (χ0) is 14.8. The maximum Gasteiger partial charge on any atom is 0.256 e. The summed E-state index contributed by atoms with van der Waals surface area (Å²) >= 11 is 0. The van der Waals surface area contributed by atoms with Crippen molar-refractivity contribution in [2.24, 2.45) is 0 Å². The highest BCUT2D eigenvalue weighted by atomic mass is 16.5. The highest BCUT2D eigenvalue weighted by Crippen LogP contribution is 2.26. The Hall–Kier alpha value is -2.75. The van der Waals surface area contributed by atoms with E-state index in [0.29, 0.717) is 17.0 Å². The van der Waals surface area contributed by atoms with Crippen molar-refractivity contribution >= 4 is 22.5 Å². The second-order valence-corrected chi connectivity index (χ2v) is 4.90. The van der Waals surface area contributed by atoms with Crippen molar-refractivity contribution in [1.82, 2.24) is 4.98 Å². The molecule has 0 saturated heterocycles. The number of hydrogen-bond acceptors (Lipinski definition) is 2. The molecule has 0 fully saturated rings. The molecule has 4 heteroatoms. The van der Waals surface area contributed by atoms with E-state index in [2.05, 4.69) is 10.3 Å². The van der Waals surface area contributed by atoms with E-state index in [-0.39, 0.29) is 5.91 Å². The third kappa shape index (κ3) is 2.48. The van der Waals surface area contributed by atoms with Gasteiger partial charge in [0.25, 0.3) is 5.91 Å². The lowest BCUT2D eigenvalue weighted by Gasteiger charge is -2.11. The second kappa shape index (κ2) is 5.32. The van der Waals surface area contributed by atoms with Crippen LogP contribution in [0.5, 0.6) is 5.75 Å². The van der Waals surface area contributed by atoms with E-state index in [1.807, 2.05) is 55.6 Å². The van der Waals surface area contributed by atoms with Crippen LogP contribution in [0.25, 0.3) is 10.9 Å². The van der Waals surface area contributed by atoms with E-state index in [0.717, 1.165) is 16.5 Å². The highest BCUT2D eigenvalue weighted by Gasteiger charge is 2.13. The molecule has 0 bridgehead atoms. The van der Waals surface area contributed by atoms with E-state index in [4.69, 9.17) is 4.74 Å². The molecule has 0 saturated carbocycles. The van der Waals surface area contributed by atoms with E-state index in [9.17, 15) is 4.79 Å². The number of carbonyl (C=O) groups is 1. The van der Waals surface area contributed by atoms with Gasteiger partial charge in [-0.1, -0.05) is 12.1 Å². The molecule has 3 rings (SSSR count). The second-order valence-electron chi connectivity index (χ2n) is 4.90. The number of aromatic nitrogens is 1. The van der Waals surface area contributed by atoms with Gasteiger partial charge in [-0.3, -0.25) is 4.79 Å².